The normalized spacial score (nSPS) is 20.3. The van der Waals surface area contributed by atoms with E-state index in [0.717, 1.165) is 59.6 Å². The van der Waals surface area contributed by atoms with Gasteiger partial charge in [-0.1, -0.05) is 6.07 Å². The van der Waals surface area contributed by atoms with Crippen LogP contribution in [0, 0.1) is 12.8 Å². The van der Waals surface area contributed by atoms with Crippen LogP contribution in [0.2, 0.25) is 0 Å². The van der Waals surface area contributed by atoms with Gasteiger partial charge in [0.25, 0.3) is 0 Å². The Morgan fingerprint density at radius 1 is 0.970 bits per heavy atom. The van der Waals surface area contributed by atoms with Crippen molar-refractivity contribution in [3.8, 4) is 11.1 Å². The molecule has 0 aliphatic heterocycles. The minimum Gasteiger partial charge on any atom is -0.481 e. The highest BCUT2D eigenvalue weighted by Gasteiger charge is 2.26. The summed E-state index contributed by atoms with van der Waals surface area (Å²) in [6.45, 7) is 2.08. The molecule has 0 saturated heterocycles. The van der Waals surface area contributed by atoms with Gasteiger partial charge in [0, 0.05) is 41.3 Å². The lowest BCUT2D eigenvalue weighted by molar-refractivity contribution is -0.142. The molecule has 2 heterocycles. The van der Waals surface area contributed by atoms with Crippen LogP contribution >= 0.6 is 0 Å². The van der Waals surface area contributed by atoms with Crippen molar-refractivity contribution in [3.63, 3.8) is 0 Å². The zero-order valence-electron chi connectivity index (χ0n) is 18.8. The summed E-state index contributed by atoms with van der Waals surface area (Å²) in [6.07, 6.45) is 9.29. The molecule has 33 heavy (non-hydrogen) atoms. The van der Waals surface area contributed by atoms with E-state index >= 15 is 0 Å². The monoisotopic (exact) mass is 443 g/mol. The van der Waals surface area contributed by atoms with E-state index < -0.39 is 5.97 Å². The van der Waals surface area contributed by atoms with Crippen LogP contribution in [0.4, 0.5) is 17.5 Å². The molecule has 2 aliphatic rings. The molecular formula is C26H29N5O2. The topological polar surface area (TPSA) is 100 Å². The number of aliphatic carboxylic acids is 1. The predicted octanol–water partition coefficient (Wildman–Crippen LogP) is 5.52. The number of anilines is 3. The number of pyridine rings is 1. The first kappa shape index (κ1) is 21.4. The summed E-state index contributed by atoms with van der Waals surface area (Å²) >= 11 is 0. The molecule has 7 nitrogen and oxygen atoms in total. The molecule has 0 radical (unpaired) electrons. The fraction of sp³-hybridized carbons (Fsp3) is 0.385. The van der Waals surface area contributed by atoms with Crippen LogP contribution in [-0.2, 0) is 4.79 Å². The Hall–Kier alpha value is -3.48. The van der Waals surface area contributed by atoms with Gasteiger partial charge in [0.2, 0.25) is 5.95 Å². The molecule has 5 rings (SSSR count). The summed E-state index contributed by atoms with van der Waals surface area (Å²) in [5.41, 5.74) is 5.33. The molecule has 0 bridgehead atoms. The Balaban J connectivity index is 1.26. The van der Waals surface area contributed by atoms with E-state index in [0.29, 0.717) is 11.9 Å². The van der Waals surface area contributed by atoms with Crippen molar-refractivity contribution in [3.05, 3.63) is 60.0 Å². The van der Waals surface area contributed by atoms with Crippen molar-refractivity contribution in [2.75, 3.05) is 10.6 Å². The first-order valence-electron chi connectivity index (χ1n) is 11.7. The Bertz CT molecular complexity index is 1140. The molecule has 2 saturated carbocycles. The van der Waals surface area contributed by atoms with E-state index in [1.807, 2.05) is 24.5 Å². The van der Waals surface area contributed by atoms with Gasteiger partial charge < -0.3 is 15.7 Å². The van der Waals surface area contributed by atoms with E-state index in [1.165, 1.54) is 12.8 Å². The number of hydrogen-bond acceptors (Lipinski definition) is 6. The van der Waals surface area contributed by atoms with Gasteiger partial charge >= 0.3 is 5.97 Å². The third kappa shape index (κ3) is 5.30. The lowest BCUT2D eigenvalue weighted by Crippen LogP contribution is -2.29. The smallest absolute Gasteiger partial charge is 0.306 e. The van der Waals surface area contributed by atoms with Gasteiger partial charge in [-0.15, -0.1) is 0 Å². The van der Waals surface area contributed by atoms with Crippen LogP contribution in [0.25, 0.3) is 11.1 Å². The average Bonchev–Trinajstić information content (AvgIpc) is 3.65. The molecule has 2 aromatic heterocycles. The summed E-state index contributed by atoms with van der Waals surface area (Å²) in [6, 6.07) is 12.7. The zero-order chi connectivity index (χ0) is 22.8. The maximum Gasteiger partial charge on any atom is 0.306 e. The molecule has 0 atom stereocenters. The number of carboxylic acid groups (broad SMARTS) is 1. The highest BCUT2D eigenvalue weighted by Crippen LogP contribution is 2.39. The van der Waals surface area contributed by atoms with Crippen molar-refractivity contribution >= 4 is 23.4 Å². The third-order valence-corrected chi connectivity index (χ3v) is 6.53. The predicted molar refractivity (Wildman–Crippen MR) is 129 cm³/mol. The Morgan fingerprint density at radius 2 is 1.79 bits per heavy atom. The molecule has 0 amide bonds. The first-order chi connectivity index (χ1) is 16.0. The van der Waals surface area contributed by atoms with Crippen LogP contribution in [0.5, 0.6) is 0 Å². The van der Waals surface area contributed by atoms with Gasteiger partial charge in [0.1, 0.15) is 5.82 Å². The van der Waals surface area contributed by atoms with Crippen LogP contribution < -0.4 is 10.6 Å². The summed E-state index contributed by atoms with van der Waals surface area (Å²) < 4.78 is 0. The molecule has 1 aromatic carbocycles. The van der Waals surface area contributed by atoms with E-state index in [1.54, 1.807) is 0 Å². The molecule has 0 unspecified atom stereocenters. The number of rotatable bonds is 7. The summed E-state index contributed by atoms with van der Waals surface area (Å²) in [4.78, 5) is 24.8. The SMILES string of the molecule is Cc1cc(Nc2nccc(C3CC3)n2)cc(-c2ccc(N[C@H]3CC[C@H](C(=O)O)CC3)nc2)c1. The number of nitrogens with zero attached hydrogens (tertiary/aromatic N) is 3. The van der Waals surface area contributed by atoms with Crippen LogP contribution in [-0.4, -0.2) is 32.1 Å². The minimum atomic E-state index is -0.676. The largest absolute Gasteiger partial charge is 0.481 e. The molecule has 0 spiro atoms. The van der Waals surface area contributed by atoms with Crippen molar-refractivity contribution in [2.24, 2.45) is 5.92 Å². The van der Waals surface area contributed by atoms with E-state index in [9.17, 15) is 4.79 Å². The lowest BCUT2D eigenvalue weighted by Gasteiger charge is -2.27. The second kappa shape index (κ2) is 9.17. The van der Waals surface area contributed by atoms with Crippen molar-refractivity contribution < 1.29 is 9.90 Å². The average molecular weight is 444 g/mol. The standard InChI is InChI=1S/C26H29N5O2/c1-16-12-20(14-22(13-16)30-26-27-11-10-23(31-26)17-2-3-17)19-6-9-24(28-15-19)29-21-7-4-18(5-8-21)25(32)33/h6,9-15,17-18,21H,2-5,7-8H2,1H3,(H,28,29)(H,32,33)(H,27,30,31)/t18-,21-. The fourth-order valence-corrected chi connectivity index (χ4v) is 4.53. The minimum absolute atomic E-state index is 0.205. The van der Waals surface area contributed by atoms with Gasteiger partial charge in [0.15, 0.2) is 0 Å². The maximum atomic E-state index is 11.1. The first-order valence-corrected chi connectivity index (χ1v) is 11.7. The van der Waals surface area contributed by atoms with Crippen molar-refractivity contribution in [1.29, 1.82) is 0 Å². The number of carbonyl (C=O) groups is 1. The van der Waals surface area contributed by atoms with Gasteiger partial charge in [-0.2, -0.15) is 0 Å². The third-order valence-electron chi connectivity index (χ3n) is 6.53. The highest BCUT2D eigenvalue weighted by atomic mass is 16.4. The van der Waals surface area contributed by atoms with Crippen molar-refractivity contribution in [2.45, 2.75) is 57.4 Å². The number of aromatic nitrogens is 3. The summed E-state index contributed by atoms with van der Waals surface area (Å²) in [5.74, 6) is 1.17. The Kier molecular flexibility index (Phi) is 5.94. The Labute approximate surface area is 193 Å². The second-order valence-corrected chi connectivity index (χ2v) is 9.26. The maximum absolute atomic E-state index is 11.1. The summed E-state index contributed by atoms with van der Waals surface area (Å²) in [5, 5.41) is 16.0. The fourth-order valence-electron chi connectivity index (χ4n) is 4.53. The molecule has 3 N–H and O–H groups in total. The van der Waals surface area contributed by atoms with E-state index in [-0.39, 0.29) is 12.0 Å². The second-order valence-electron chi connectivity index (χ2n) is 9.26. The number of carboxylic acids is 1. The zero-order valence-corrected chi connectivity index (χ0v) is 18.8. The molecule has 2 aliphatic carbocycles. The van der Waals surface area contributed by atoms with Gasteiger partial charge in [-0.05, 0) is 86.9 Å². The molecule has 7 heteroatoms. The Morgan fingerprint density at radius 3 is 2.48 bits per heavy atom. The van der Waals surface area contributed by atoms with Crippen LogP contribution in [0.1, 0.15) is 55.7 Å². The quantitative estimate of drug-likeness (QED) is 0.442. The van der Waals surface area contributed by atoms with E-state index in [2.05, 4.69) is 56.8 Å². The van der Waals surface area contributed by atoms with E-state index in [4.69, 9.17) is 5.11 Å². The van der Waals surface area contributed by atoms with Crippen LogP contribution in [0.3, 0.4) is 0 Å². The molecule has 2 fully saturated rings. The van der Waals surface area contributed by atoms with Crippen molar-refractivity contribution in [1.82, 2.24) is 15.0 Å². The number of aryl methyl sites for hydroxylation is 1. The molecule has 3 aromatic rings. The van der Waals surface area contributed by atoms with Gasteiger partial charge in [-0.25, -0.2) is 15.0 Å². The number of hydrogen-bond donors (Lipinski definition) is 3. The number of nitrogens with one attached hydrogen (secondary N) is 2. The molecular weight excluding hydrogens is 414 g/mol. The van der Waals surface area contributed by atoms with Crippen LogP contribution in [0.15, 0.2) is 48.8 Å². The highest BCUT2D eigenvalue weighted by molar-refractivity contribution is 5.71. The van der Waals surface area contributed by atoms with Gasteiger partial charge in [-0.3, -0.25) is 4.79 Å². The molecule has 170 valence electrons. The summed E-state index contributed by atoms with van der Waals surface area (Å²) in [7, 11) is 0. The van der Waals surface area contributed by atoms with Gasteiger partial charge in [0.05, 0.1) is 5.92 Å². The number of benzene rings is 1. The lowest BCUT2D eigenvalue weighted by atomic mass is 9.86.